The van der Waals surface area contributed by atoms with Gasteiger partial charge in [0.05, 0.1) is 4.90 Å². The third-order valence-corrected chi connectivity index (χ3v) is 4.77. The molecule has 1 heterocycles. The van der Waals surface area contributed by atoms with Crippen molar-refractivity contribution in [3.63, 3.8) is 0 Å². The van der Waals surface area contributed by atoms with Crippen molar-refractivity contribution in [2.75, 3.05) is 6.54 Å². The van der Waals surface area contributed by atoms with Crippen LogP contribution in [0.5, 0.6) is 0 Å². The molecule has 3 aromatic rings. The summed E-state index contributed by atoms with van der Waals surface area (Å²) >= 11 is 0. The number of carbonyl (C=O) groups is 1. The van der Waals surface area contributed by atoms with Gasteiger partial charge in [-0.05, 0) is 35.6 Å². The van der Waals surface area contributed by atoms with E-state index in [1.807, 2.05) is 30.3 Å². The molecule has 25 heavy (non-hydrogen) atoms. The number of hydrogen-bond donors (Lipinski definition) is 2. The van der Waals surface area contributed by atoms with Crippen LogP contribution in [0.4, 0.5) is 0 Å². The summed E-state index contributed by atoms with van der Waals surface area (Å²) in [5, 5.41) is 9.67. The van der Waals surface area contributed by atoms with Crippen LogP contribution in [-0.2, 0) is 16.4 Å². The number of hydrogen-bond acceptors (Lipinski definition) is 4. The zero-order valence-corrected chi connectivity index (χ0v) is 14.2. The van der Waals surface area contributed by atoms with Gasteiger partial charge in [0.1, 0.15) is 5.69 Å². The number of amides is 1. The van der Waals surface area contributed by atoms with Gasteiger partial charge in [0, 0.05) is 18.1 Å². The number of nitrogens with zero attached hydrogens (tertiary/aromatic N) is 1. The fourth-order valence-electron chi connectivity index (χ4n) is 2.55. The Bertz CT molecular complexity index is 1010. The second-order valence-electron chi connectivity index (χ2n) is 5.58. The summed E-state index contributed by atoms with van der Waals surface area (Å²) in [5.41, 5.74) is 1.29. The second-order valence-corrected chi connectivity index (χ2v) is 7.14. The van der Waals surface area contributed by atoms with Crippen LogP contribution in [0.1, 0.15) is 16.1 Å². The molecule has 0 spiro atoms. The van der Waals surface area contributed by atoms with Gasteiger partial charge in [-0.3, -0.25) is 9.78 Å². The van der Waals surface area contributed by atoms with Crippen molar-refractivity contribution in [2.45, 2.75) is 11.3 Å². The molecule has 7 heteroatoms. The van der Waals surface area contributed by atoms with E-state index in [2.05, 4.69) is 10.3 Å². The van der Waals surface area contributed by atoms with Gasteiger partial charge in [-0.2, -0.15) is 0 Å². The highest BCUT2D eigenvalue weighted by Crippen LogP contribution is 2.16. The van der Waals surface area contributed by atoms with Gasteiger partial charge in [0.25, 0.3) is 5.91 Å². The van der Waals surface area contributed by atoms with Crippen LogP contribution in [0.3, 0.4) is 0 Å². The molecule has 0 aliphatic rings. The SMILES string of the molecule is NS(=O)(=O)c1ccc(CCNC(=O)c2nccc3ccccc23)cc1. The van der Waals surface area contributed by atoms with Crippen molar-refractivity contribution in [1.82, 2.24) is 10.3 Å². The molecule has 6 nitrogen and oxygen atoms in total. The lowest BCUT2D eigenvalue weighted by Gasteiger charge is -2.08. The minimum Gasteiger partial charge on any atom is -0.350 e. The first-order valence-electron chi connectivity index (χ1n) is 7.69. The summed E-state index contributed by atoms with van der Waals surface area (Å²) in [6, 6.07) is 15.7. The summed E-state index contributed by atoms with van der Waals surface area (Å²) in [6.07, 6.45) is 2.19. The third kappa shape index (κ3) is 4.01. The second kappa shape index (κ2) is 7.00. The fourth-order valence-corrected chi connectivity index (χ4v) is 3.07. The smallest absolute Gasteiger partial charge is 0.270 e. The summed E-state index contributed by atoms with van der Waals surface area (Å²) in [6.45, 7) is 0.415. The molecule has 0 radical (unpaired) electrons. The highest BCUT2D eigenvalue weighted by atomic mass is 32.2. The van der Waals surface area contributed by atoms with Crippen molar-refractivity contribution in [2.24, 2.45) is 5.14 Å². The van der Waals surface area contributed by atoms with E-state index < -0.39 is 10.0 Å². The van der Waals surface area contributed by atoms with Gasteiger partial charge in [-0.25, -0.2) is 13.6 Å². The number of carbonyl (C=O) groups excluding carboxylic acids is 1. The lowest BCUT2D eigenvalue weighted by atomic mass is 10.1. The molecule has 3 N–H and O–H groups in total. The van der Waals surface area contributed by atoms with Crippen LogP contribution in [0, 0.1) is 0 Å². The van der Waals surface area contributed by atoms with E-state index in [1.165, 1.54) is 12.1 Å². The predicted octanol–water partition coefficient (Wildman–Crippen LogP) is 1.85. The lowest BCUT2D eigenvalue weighted by molar-refractivity contribution is 0.0951. The number of aromatic nitrogens is 1. The van der Waals surface area contributed by atoms with Gasteiger partial charge in [0.15, 0.2) is 0 Å². The molecule has 0 bridgehead atoms. The Labute approximate surface area is 145 Å². The van der Waals surface area contributed by atoms with Crippen LogP contribution < -0.4 is 10.5 Å². The molecule has 1 aromatic heterocycles. The predicted molar refractivity (Wildman–Crippen MR) is 95.6 cm³/mol. The lowest BCUT2D eigenvalue weighted by Crippen LogP contribution is -2.26. The molecule has 0 aliphatic heterocycles. The van der Waals surface area contributed by atoms with Crippen molar-refractivity contribution in [3.8, 4) is 0 Å². The van der Waals surface area contributed by atoms with E-state index in [4.69, 9.17) is 5.14 Å². The third-order valence-electron chi connectivity index (χ3n) is 3.84. The number of primary sulfonamides is 1. The van der Waals surface area contributed by atoms with Gasteiger partial charge < -0.3 is 5.32 Å². The molecule has 0 aliphatic carbocycles. The van der Waals surface area contributed by atoms with Gasteiger partial charge in [-0.15, -0.1) is 0 Å². The first kappa shape index (κ1) is 17.1. The molecule has 3 rings (SSSR count). The maximum absolute atomic E-state index is 12.4. The molecule has 0 atom stereocenters. The molecule has 128 valence electrons. The Balaban J connectivity index is 1.65. The number of benzene rings is 2. The van der Waals surface area contributed by atoms with E-state index in [1.54, 1.807) is 18.3 Å². The first-order valence-corrected chi connectivity index (χ1v) is 9.23. The Morgan fingerprint density at radius 1 is 1.04 bits per heavy atom. The molecule has 0 saturated carbocycles. The maximum Gasteiger partial charge on any atom is 0.270 e. The summed E-state index contributed by atoms with van der Waals surface area (Å²) in [5.74, 6) is -0.238. The largest absolute Gasteiger partial charge is 0.350 e. The molecule has 0 saturated heterocycles. The van der Waals surface area contributed by atoms with E-state index in [-0.39, 0.29) is 10.8 Å². The normalized spacial score (nSPS) is 11.4. The highest BCUT2D eigenvalue weighted by molar-refractivity contribution is 7.89. The van der Waals surface area contributed by atoms with Crippen LogP contribution >= 0.6 is 0 Å². The Kier molecular flexibility index (Phi) is 4.78. The average molecular weight is 355 g/mol. The van der Waals surface area contributed by atoms with Gasteiger partial charge in [-0.1, -0.05) is 36.4 Å². The number of pyridine rings is 1. The quantitative estimate of drug-likeness (QED) is 0.729. The number of fused-ring (bicyclic) bond motifs is 1. The molecule has 1 amide bonds. The molecule has 0 unspecified atom stereocenters. The number of nitrogens with one attached hydrogen (secondary N) is 1. The number of nitrogens with two attached hydrogens (primary N) is 1. The van der Waals surface area contributed by atoms with Crippen LogP contribution in [-0.4, -0.2) is 25.9 Å². The van der Waals surface area contributed by atoms with E-state index in [0.29, 0.717) is 18.7 Å². The Morgan fingerprint density at radius 2 is 1.76 bits per heavy atom. The van der Waals surface area contributed by atoms with Crippen molar-refractivity contribution >= 4 is 26.7 Å². The fraction of sp³-hybridized carbons (Fsp3) is 0.111. The van der Waals surface area contributed by atoms with E-state index in [0.717, 1.165) is 16.3 Å². The van der Waals surface area contributed by atoms with Gasteiger partial charge in [0.2, 0.25) is 10.0 Å². The Morgan fingerprint density at radius 3 is 2.48 bits per heavy atom. The van der Waals surface area contributed by atoms with Crippen molar-refractivity contribution in [1.29, 1.82) is 0 Å². The molecular formula is C18H17N3O3S. The zero-order chi connectivity index (χ0) is 17.9. The summed E-state index contributed by atoms with van der Waals surface area (Å²) in [7, 11) is -3.69. The van der Waals surface area contributed by atoms with Crippen molar-refractivity contribution < 1.29 is 13.2 Å². The van der Waals surface area contributed by atoms with Crippen LogP contribution in [0.2, 0.25) is 0 Å². The topological polar surface area (TPSA) is 102 Å². The van der Waals surface area contributed by atoms with Crippen molar-refractivity contribution in [3.05, 3.63) is 72.1 Å². The van der Waals surface area contributed by atoms with E-state index >= 15 is 0 Å². The average Bonchev–Trinajstić information content (AvgIpc) is 2.61. The minimum absolute atomic E-state index is 0.0697. The zero-order valence-electron chi connectivity index (χ0n) is 13.3. The van der Waals surface area contributed by atoms with Gasteiger partial charge >= 0.3 is 0 Å². The summed E-state index contributed by atoms with van der Waals surface area (Å²) < 4.78 is 22.5. The minimum atomic E-state index is -3.69. The maximum atomic E-state index is 12.4. The van der Waals surface area contributed by atoms with Crippen LogP contribution in [0.15, 0.2) is 65.7 Å². The molecule has 0 fully saturated rings. The number of rotatable bonds is 5. The molecule has 2 aromatic carbocycles. The summed E-state index contributed by atoms with van der Waals surface area (Å²) in [4.78, 5) is 16.6. The highest BCUT2D eigenvalue weighted by Gasteiger charge is 2.11. The number of sulfonamides is 1. The molecular weight excluding hydrogens is 338 g/mol. The Hall–Kier alpha value is -2.77. The standard InChI is InChI=1S/C18H17N3O3S/c19-25(23,24)15-7-5-13(6-8-15)9-11-21-18(22)17-16-4-2-1-3-14(16)10-12-20-17/h1-8,10,12H,9,11H2,(H,21,22)(H2,19,23,24). The monoisotopic (exact) mass is 355 g/mol. The van der Waals surface area contributed by atoms with E-state index in [9.17, 15) is 13.2 Å². The van der Waals surface area contributed by atoms with Crippen LogP contribution in [0.25, 0.3) is 10.8 Å². The first-order chi connectivity index (χ1) is 11.9.